The van der Waals surface area contributed by atoms with E-state index < -0.39 is 11.6 Å². The van der Waals surface area contributed by atoms with Crippen molar-refractivity contribution < 1.29 is 14.3 Å². The number of anilines is 1. The van der Waals surface area contributed by atoms with Crippen LogP contribution < -0.4 is 15.0 Å². The number of aromatic nitrogens is 1. The molecule has 3 rings (SSSR count). The number of carbonyl (C=O) groups excluding carboxylic acids is 2. The van der Waals surface area contributed by atoms with Gasteiger partial charge in [-0.15, -0.1) is 0 Å². The largest absolute Gasteiger partial charge is 0.439 e. The van der Waals surface area contributed by atoms with Crippen molar-refractivity contribution in [2.75, 3.05) is 4.90 Å². The Bertz CT molecular complexity index is 913. The number of nitrogens with one attached hydrogen (secondary N) is 1. The molecule has 2 aromatic rings. The monoisotopic (exact) mass is 350 g/mol. The van der Waals surface area contributed by atoms with Crippen molar-refractivity contribution in [1.82, 2.24) is 10.3 Å². The third-order valence-corrected chi connectivity index (χ3v) is 4.14. The molecule has 0 atom stereocenters. The molecule has 1 fully saturated rings. The van der Waals surface area contributed by atoms with Crippen LogP contribution in [0.1, 0.15) is 31.9 Å². The number of aryl methyl sites for hydroxylation is 1. The van der Waals surface area contributed by atoms with Crippen LogP contribution in [0.2, 0.25) is 0 Å². The molecule has 26 heavy (non-hydrogen) atoms. The van der Waals surface area contributed by atoms with Crippen LogP contribution in [0.15, 0.2) is 36.5 Å². The molecule has 7 nitrogen and oxygen atoms in total. The average Bonchev–Trinajstić information content (AvgIpc) is 2.83. The molecule has 1 aliphatic heterocycles. The maximum atomic E-state index is 12.3. The van der Waals surface area contributed by atoms with Crippen LogP contribution in [0.5, 0.6) is 11.6 Å². The lowest BCUT2D eigenvalue weighted by atomic mass is 10.1. The standard InChI is InChI=1S/C19H18N4O3/c1-4-12-9-15(7-5-13(12)10-20)26-16-8-6-14(11-21-16)23-17(24)19(2,3)22-18(23)25/h5-9,11H,4H2,1-3H3,(H,22,25). The number of nitrogens with zero attached hydrogens (tertiary/aromatic N) is 3. The van der Waals surface area contributed by atoms with E-state index in [0.717, 1.165) is 10.5 Å². The quantitative estimate of drug-likeness (QED) is 0.855. The van der Waals surface area contributed by atoms with Gasteiger partial charge in [-0.3, -0.25) is 4.79 Å². The van der Waals surface area contributed by atoms with E-state index in [4.69, 9.17) is 10.00 Å². The summed E-state index contributed by atoms with van der Waals surface area (Å²) < 4.78 is 5.71. The number of pyridine rings is 1. The fraction of sp³-hybridized carbons (Fsp3) is 0.263. The van der Waals surface area contributed by atoms with E-state index in [0.29, 0.717) is 29.3 Å². The Kier molecular flexibility index (Phi) is 4.34. The summed E-state index contributed by atoms with van der Waals surface area (Å²) in [5, 5.41) is 11.7. The number of amides is 3. The van der Waals surface area contributed by atoms with Gasteiger partial charge in [-0.25, -0.2) is 14.7 Å². The van der Waals surface area contributed by atoms with Crippen molar-refractivity contribution in [3.8, 4) is 17.7 Å². The first-order valence-electron chi connectivity index (χ1n) is 8.19. The second kappa shape index (κ2) is 6.48. The molecule has 3 amide bonds. The Morgan fingerprint density at radius 2 is 2.04 bits per heavy atom. The Morgan fingerprint density at radius 3 is 2.58 bits per heavy atom. The highest BCUT2D eigenvalue weighted by Crippen LogP contribution is 2.27. The van der Waals surface area contributed by atoms with Crippen molar-refractivity contribution in [2.24, 2.45) is 0 Å². The molecule has 1 aromatic heterocycles. The van der Waals surface area contributed by atoms with Crippen LogP contribution >= 0.6 is 0 Å². The molecule has 1 aromatic carbocycles. The van der Waals surface area contributed by atoms with Crippen LogP contribution in [-0.4, -0.2) is 22.5 Å². The Hall–Kier alpha value is -3.40. The van der Waals surface area contributed by atoms with Gasteiger partial charge in [0.1, 0.15) is 11.3 Å². The van der Waals surface area contributed by atoms with E-state index in [1.54, 1.807) is 44.2 Å². The number of carbonyl (C=O) groups is 2. The topological polar surface area (TPSA) is 95.3 Å². The normalized spacial score (nSPS) is 15.5. The number of hydrogen-bond donors (Lipinski definition) is 1. The highest BCUT2D eigenvalue weighted by Gasteiger charge is 2.45. The second-order valence-corrected chi connectivity index (χ2v) is 6.44. The summed E-state index contributed by atoms with van der Waals surface area (Å²) in [6.07, 6.45) is 2.13. The molecule has 0 aliphatic carbocycles. The molecule has 132 valence electrons. The zero-order valence-electron chi connectivity index (χ0n) is 14.7. The van der Waals surface area contributed by atoms with Gasteiger partial charge < -0.3 is 10.1 Å². The van der Waals surface area contributed by atoms with Crippen molar-refractivity contribution >= 4 is 17.6 Å². The zero-order valence-corrected chi connectivity index (χ0v) is 14.7. The van der Waals surface area contributed by atoms with Crippen LogP contribution in [0.4, 0.5) is 10.5 Å². The van der Waals surface area contributed by atoms with Gasteiger partial charge in [0, 0.05) is 6.07 Å². The predicted octanol–water partition coefficient (Wildman–Crippen LogP) is 3.14. The van der Waals surface area contributed by atoms with Crippen LogP contribution in [0.3, 0.4) is 0 Å². The number of urea groups is 1. The average molecular weight is 350 g/mol. The van der Waals surface area contributed by atoms with Gasteiger partial charge in [0.25, 0.3) is 5.91 Å². The molecule has 0 bridgehead atoms. The lowest BCUT2D eigenvalue weighted by molar-refractivity contribution is -0.121. The minimum Gasteiger partial charge on any atom is -0.439 e. The third kappa shape index (κ3) is 3.09. The fourth-order valence-corrected chi connectivity index (χ4v) is 2.70. The summed E-state index contributed by atoms with van der Waals surface area (Å²) in [4.78, 5) is 29.6. The first-order chi connectivity index (χ1) is 12.4. The van der Waals surface area contributed by atoms with E-state index in [9.17, 15) is 9.59 Å². The third-order valence-electron chi connectivity index (χ3n) is 4.14. The van der Waals surface area contributed by atoms with Gasteiger partial charge >= 0.3 is 6.03 Å². The molecule has 1 N–H and O–H groups in total. The summed E-state index contributed by atoms with van der Waals surface area (Å²) in [6, 6.07) is 10.1. The van der Waals surface area contributed by atoms with Crippen molar-refractivity contribution in [3.63, 3.8) is 0 Å². The van der Waals surface area contributed by atoms with Gasteiger partial charge in [0.2, 0.25) is 5.88 Å². The predicted molar refractivity (Wildman–Crippen MR) is 94.9 cm³/mol. The minimum absolute atomic E-state index is 0.326. The van der Waals surface area contributed by atoms with E-state index in [1.807, 2.05) is 6.92 Å². The second-order valence-electron chi connectivity index (χ2n) is 6.44. The molecule has 7 heteroatoms. The lowest BCUT2D eigenvalue weighted by Gasteiger charge is -2.16. The van der Waals surface area contributed by atoms with E-state index >= 15 is 0 Å². The molecule has 0 saturated carbocycles. The van der Waals surface area contributed by atoms with Gasteiger partial charge in [-0.2, -0.15) is 5.26 Å². The number of benzene rings is 1. The Morgan fingerprint density at radius 1 is 1.27 bits per heavy atom. The maximum Gasteiger partial charge on any atom is 0.329 e. The van der Waals surface area contributed by atoms with E-state index in [2.05, 4.69) is 16.4 Å². The zero-order chi connectivity index (χ0) is 18.9. The van der Waals surface area contributed by atoms with Gasteiger partial charge in [-0.05, 0) is 50.1 Å². The van der Waals surface area contributed by atoms with E-state index in [-0.39, 0.29) is 5.91 Å². The first-order valence-corrected chi connectivity index (χ1v) is 8.19. The van der Waals surface area contributed by atoms with Crippen LogP contribution in [0.25, 0.3) is 0 Å². The fourth-order valence-electron chi connectivity index (χ4n) is 2.70. The van der Waals surface area contributed by atoms with Gasteiger partial charge in [0.05, 0.1) is 23.5 Å². The summed E-state index contributed by atoms with van der Waals surface area (Å²) in [6.45, 7) is 5.26. The van der Waals surface area contributed by atoms with Crippen molar-refractivity contribution in [1.29, 1.82) is 5.26 Å². The van der Waals surface area contributed by atoms with Gasteiger partial charge in [0.15, 0.2) is 0 Å². The smallest absolute Gasteiger partial charge is 0.329 e. The molecule has 0 radical (unpaired) electrons. The SMILES string of the molecule is CCc1cc(Oc2ccc(N3C(=O)NC(C)(C)C3=O)cn2)ccc1C#N. The number of hydrogen-bond acceptors (Lipinski definition) is 5. The Balaban J connectivity index is 1.80. The summed E-state index contributed by atoms with van der Waals surface area (Å²) in [5.74, 6) is 0.557. The first kappa shape index (κ1) is 17.4. The van der Waals surface area contributed by atoms with Crippen molar-refractivity contribution in [2.45, 2.75) is 32.7 Å². The maximum absolute atomic E-state index is 12.3. The molecule has 0 unspecified atom stereocenters. The molecular weight excluding hydrogens is 332 g/mol. The number of imide groups is 1. The molecule has 0 spiro atoms. The summed E-state index contributed by atoms with van der Waals surface area (Å²) in [7, 11) is 0. The van der Waals surface area contributed by atoms with Gasteiger partial charge in [-0.1, -0.05) is 6.92 Å². The van der Waals surface area contributed by atoms with Crippen LogP contribution in [-0.2, 0) is 11.2 Å². The van der Waals surface area contributed by atoms with Crippen molar-refractivity contribution in [3.05, 3.63) is 47.7 Å². The lowest BCUT2D eigenvalue weighted by Crippen LogP contribution is -2.40. The summed E-state index contributed by atoms with van der Waals surface area (Å²) >= 11 is 0. The number of nitriles is 1. The Labute approximate surface area is 151 Å². The van der Waals surface area contributed by atoms with E-state index in [1.165, 1.54) is 6.20 Å². The highest BCUT2D eigenvalue weighted by molar-refractivity contribution is 6.22. The highest BCUT2D eigenvalue weighted by atomic mass is 16.5. The molecular formula is C19H18N4O3. The summed E-state index contributed by atoms with van der Waals surface area (Å²) in [5.41, 5.74) is 0.942. The molecule has 2 heterocycles. The molecule has 1 saturated heterocycles. The molecule has 1 aliphatic rings. The number of ether oxygens (including phenoxy) is 1. The minimum atomic E-state index is -0.939. The number of rotatable bonds is 4. The van der Waals surface area contributed by atoms with Crippen LogP contribution in [0, 0.1) is 11.3 Å².